The number of aryl methyl sites for hydroxylation is 1. The Morgan fingerprint density at radius 2 is 2.24 bits per heavy atom. The number of hydrogen-bond donors (Lipinski definition) is 1. The molecular weight excluding hydrogens is 305 g/mol. The molecule has 0 aliphatic heterocycles. The largest absolute Gasteiger partial charge is 0.435 e. The predicted octanol–water partition coefficient (Wildman–Crippen LogP) is 2.42. The van der Waals surface area contributed by atoms with Gasteiger partial charge >= 0.3 is 6.18 Å². The molecule has 0 radical (unpaired) electrons. The van der Waals surface area contributed by atoms with E-state index in [1.165, 1.54) is 17.6 Å². The third-order valence-electron chi connectivity index (χ3n) is 2.38. The molecule has 1 amide bonds. The van der Waals surface area contributed by atoms with E-state index in [-0.39, 0.29) is 6.54 Å². The molecule has 0 fully saturated rings. The van der Waals surface area contributed by atoms with Crippen molar-refractivity contribution < 1.29 is 18.0 Å². The summed E-state index contributed by atoms with van der Waals surface area (Å²) >= 11 is 1.51. The van der Waals surface area contributed by atoms with Crippen molar-refractivity contribution in [3.63, 3.8) is 0 Å². The van der Waals surface area contributed by atoms with Crippen molar-refractivity contribution in [3.8, 4) is 0 Å². The number of nitrogens with zero attached hydrogens (tertiary/aromatic N) is 3. The first-order valence-electron chi connectivity index (χ1n) is 5.83. The number of aromatic nitrogens is 2. The Morgan fingerprint density at radius 3 is 2.81 bits per heavy atom. The van der Waals surface area contributed by atoms with E-state index in [0.717, 1.165) is 26.7 Å². The van der Waals surface area contributed by atoms with E-state index in [0.29, 0.717) is 0 Å². The van der Waals surface area contributed by atoms with Crippen LogP contribution in [-0.4, -0.2) is 21.9 Å². The van der Waals surface area contributed by atoms with Gasteiger partial charge in [0.05, 0.1) is 6.21 Å². The zero-order valence-electron chi connectivity index (χ0n) is 10.9. The van der Waals surface area contributed by atoms with Crippen molar-refractivity contribution in [2.75, 3.05) is 0 Å². The Labute approximate surface area is 122 Å². The zero-order chi connectivity index (χ0) is 15.5. The fourth-order valence-corrected chi connectivity index (χ4v) is 2.22. The van der Waals surface area contributed by atoms with E-state index in [9.17, 15) is 18.0 Å². The Balaban J connectivity index is 1.87. The highest BCUT2D eigenvalue weighted by Gasteiger charge is 2.33. The van der Waals surface area contributed by atoms with Gasteiger partial charge in [-0.1, -0.05) is 0 Å². The summed E-state index contributed by atoms with van der Waals surface area (Å²) in [6.45, 7) is 1.60. The first-order chi connectivity index (χ1) is 9.84. The highest BCUT2D eigenvalue weighted by atomic mass is 32.1. The summed E-state index contributed by atoms with van der Waals surface area (Å²) in [5, 5.41) is 7.00. The summed E-state index contributed by atoms with van der Waals surface area (Å²) < 4.78 is 37.9. The molecule has 112 valence electrons. The maximum absolute atomic E-state index is 12.3. The van der Waals surface area contributed by atoms with Crippen molar-refractivity contribution >= 4 is 23.5 Å². The summed E-state index contributed by atoms with van der Waals surface area (Å²) in [5.41, 5.74) is 1.20. The smallest absolute Gasteiger partial charge is 0.271 e. The number of carbonyl (C=O) groups excluding carboxylic acids is 1. The first-order valence-corrected chi connectivity index (χ1v) is 6.65. The molecule has 0 aliphatic rings. The number of amides is 1. The van der Waals surface area contributed by atoms with Crippen LogP contribution in [0.25, 0.3) is 0 Å². The summed E-state index contributed by atoms with van der Waals surface area (Å²) in [6, 6.07) is 4.57. The van der Waals surface area contributed by atoms with Gasteiger partial charge in [-0.3, -0.25) is 9.48 Å². The normalized spacial score (nSPS) is 12.0. The van der Waals surface area contributed by atoms with Gasteiger partial charge in [-0.05, 0) is 25.1 Å². The molecule has 2 aromatic heterocycles. The zero-order valence-corrected chi connectivity index (χ0v) is 11.7. The van der Waals surface area contributed by atoms with E-state index < -0.39 is 17.8 Å². The van der Waals surface area contributed by atoms with E-state index in [1.54, 1.807) is 0 Å². The number of hydrogen-bond acceptors (Lipinski definition) is 4. The monoisotopic (exact) mass is 316 g/mol. The fraction of sp³-hybridized carbons (Fsp3) is 0.250. The molecule has 9 heteroatoms. The summed E-state index contributed by atoms with van der Waals surface area (Å²) in [5.74, 6) is -0.559. The van der Waals surface area contributed by atoms with Gasteiger partial charge in [0.1, 0.15) is 6.54 Å². The predicted molar refractivity (Wildman–Crippen MR) is 72.0 cm³/mol. The first kappa shape index (κ1) is 15.2. The summed E-state index contributed by atoms with van der Waals surface area (Å²) in [6.07, 6.45) is -1.95. The highest BCUT2D eigenvalue weighted by molar-refractivity contribution is 7.13. The van der Waals surface area contributed by atoms with Gasteiger partial charge in [0.15, 0.2) is 5.69 Å². The van der Waals surface area contributed by atoms with Gasteiger partial charge in [-0.2, -0.15) is 23.4 Å². The Kier molecular flexibility index (Phi) is 4.41. The lowest BCUT2D eigenvalue weighted by atomic mass is 10.4. The van der Waals surface area contributed by atoms with E-state index in [2.05, 4.69) is 15.6 Å². The molecule has 0 saturated carbocycles. The molecule has 2 heterocycles. The molecule has 0 saturated heterocycles. The molecule has 0 aliphatic carbocycles. The lowest BCUT2D eigenvalue weighted by Crippen LogP contribution is -2.23. The Morgan fingerprint density at radius 1 is 1.48 bits per heavy atom. The van der Waals surface area contributed by atoms with Gasteiger partial charge in [-0.15, -0.1) is 11.3 Å². The highest BCUT2D eigenvalue weighted by Crippen LogP contribution is 2.27. The lowest BCUT2D eigenvalue weighted by molar-refractivity contribution is -0.141. The molecule has 0 atom stereocenters. The molecule has 0 spiro atoms. The van der Waals surface area contributed by atoms with Crippen LogP contribution in [0.15, 0.2) is 29.5 Å². The number of carbonyl (C=O) groups is 1. The van der Waals surface area contributed by atoms with Crippen LogP contribution in [0.5, 0.6) is 0 Å². The lowest BCUT2D eigenvalue weighted by Gasteiger charge is -2.02. The quantitative estimate of drug-likeness (QED) is 0.695. The molecule has 0 bridgehead atoms. The van der Waals surface area contributed by atoms with Crippen LogP contribution < -0.4 is 5.43 Å². The standard InChI is InChI=1S/C12H11F3N4OS/c1-8-2-3-9(21-8)6-16-17-11(20)7-19-5-4-10(18-19)12(13,14)15/h2-6H,7H2,1H3,(H,17,20). The van der Waals surface area contributed by atoms with Gasteiger partial charge in [0, 0.05) is 16.0 Å². The van der Waals surface area contributed by atoms with Crippen LogP contribution in [0.1, 0.15) is 15.4 Å². The number of halogens is 3. The van der Waals surface area contributed by atoms with Gasteiger partial charge in [0.2, 0.25) is 0 Å². The number of hydrazone groups is 1. The van der Waals surface area contributed by atoms with Gasteiger partial charge < -0.3 is 0 Å². The SMILES string of the molecule is Cc1ccc(C=NNC(=O)Cn2ccc(C(F)(F)F)n2)s1. The van der Waals surface area contributed by atoms with Crippen LogP contribution in [0.3, 0.4) is 0 Å². The molecule has 5 nitrogen and oxygen atoms in total. The van der Waals surface area contributed by atoms with Crippen LogP contribution in [0.4, 0.5) is 13.2 Å². The second kappa shape index (κ2) is 6.08. The maximum atomic E-state index is 12.3. The van der Waals surface area contributed by atoms with E-state index >= 15 is 0 Å². The third-order valence-corrected chi connectivity index (χ3v) is 3.31. The minimum Gasteiger partial charge on any atom is -0.271 e. The van der Waals surface area contributed by atoms with E-state index in [4.69, 9.17) is 0 Å². The van der Waals surface area contributed by atoms with Crippen LogP contribution in [0.2, 0.25) is 0 Å². The van der Waals surface area contributed by atoms with Crippen LogP contribution in [-0.2, 0) is 17.5 Å². The summed E-state index contributed by atoms with van der Waals surface area (Å²) in [4.78, 5) is 13.5. The minimum atomic E-state index is -4.52. The van der Waals surface area contributed by atoms with Gasteiger partial charge in [0.25, 0.3) is 5.91 Å². The number of rotatable bonds is 4. The molecule has 1 N–H and O–H groups in total. The molecular formula is C12H11F3N4OS. The van der Waals surface area contributed by atoms with Crippen LogP contribution >= 0.6 is 11.3 Å². The second-order valence-electron chi connectivity index (χ2n) is 4.14. The fourth-order valence-electron chi connectivity index (χ4n) is 1.47. The molecule has 0 unspecified atom stereocenters. The van der Waals surface area contributed by atoms with Gasteiger partial charge in [-0.25, -0.2) is 5.43 Å². The molecule has 2 aromatic rings. The Bertz CT molecular complexity index is 660. The molecule has 21 heavy (non-hydrogen) atoms. The number of thiophene rings is 1. The van der Waals surface area contributed by atoms with Crippen molar-refractivity contribution in [2.45, 2.75) is 19.6 Å². The number of alkyl halides is 3. The Hall–Kier alpha value is -2.16. The van der Waals surface area contributed by atoms with Crippen molar-refractivity contribution in [3.05, 3.63) is 39.8 Å². The van der Waals surface area contributed by atoms with Crippen molar-refractivity contribution in [1.29, 1.82) is 0 Å². The van der Waals surface area contributed by atoms with Crippen molar-refractivity contribution in [1.82, 2.24) is 15.2 Å². The molecule has 2 rings (SSSR count). The number of nitrogens with one attached hydrogen (secondary N) is 1. The molecule has 0 aromatic carbocycles. The maximum Gasteiger partial charge on any atom is 0.435 e. The van der Waals surface area contributed by atoms with Crippen molar-refractivity contribution in [2.24, 2.45) is 5.10 Å². The second-order valence-corrected chi connectivity index (χ2v) is 5.46. The van der Waals surface area contributed by atoms with Crippen LogP contribution in [0, 0.1) is 6.92 Å². The topological polar surface area (TPSA) is 59.3 Å². The average molecular weight is 316 g/mol. The third kappa shape index (κ3) is 4.42. The summed E-state index contributed by atoms with van der Waals surface area (Å²) in [7, 11) is 0. The van der Waals surface area contributed by atoms with E-state index in [1.807, 2.05) is 19.1 Å². The minimum absolute atomic E-state index is 0.336. The average Bonchev–Trinajstić information content (AvgIpc) is 2.98.